The Kier molecular flexibility index (Phi) is 5.01. The van der Waals surface area contributed by atoms with E-state index in [1.807, 2.05) is 12.1 Å². The summed E-state index contributed by atoms with van der Waals surface area (Å²) in [5.74, 6) is 1.07. The first-order valence-corrected chi connectivity index (χ1v) is 11.3. The normalized spacial score (nSPS) is 17.2. The van der Waals surface area contributed by atoms with Crippen LogP contribution in [0.25, 0.3) is 39.9 Å². The van der Waals surface area contributed by atoms with Gasteiger partial charge in [-0.05, 0) is 62.2 Å². The predicted octanol–water partition coefficient (Wildman–Crippen LogP) is 6.60. The Hall–Kier alpha value is -3.53. The van der Waals surface area contributed by atoms with E-state index in [0.29, 0.717) is 11.8 Å². The SMILES string of the molecule is C=C1[n+]2ccccc2-c2cc(-c3nnc(-c4ccc(C)cc4)o3)ccc2C1(CC)CCC. The molecule has 0 saturated carbocycles. The van der Waals surface area contributed by atoms with Crippen LogP contribution >= 0.6 is 0 Å². The van der Waals surface area contributed by atoms with Gasteiger partial charge in [0.15, 0.2) is 11.9 Å². The molecule has 1 unspecified atom stereocenters. The van der Waals surface area contributed by atoms with Gasteiger partial charge in [0.25, 0.3) is 0 Å². The third-order valence-corrected chi connectivity index (χ3v) is 6.76. The number of fused-ring (bicyclic) bond motifs is 3. The minimum absolute atomic E-state index is 0.0798. The van der Waals surface area contributed by atoms with Crippen LogP contribution in [0.2, 0.25) is 0 Å². The van der Waals surface area contributed by atoms with Gasteiger partial charge in [0.05, 0.1) is 11.0 Å². The lowest BCUT2D eigenvalue weighted by Gasteiger charge is -2.36. The van der Waals surface area contributed by atoms with Crippen molar-refractivity contribution < 1.29 is 8.98 Å². The maximum absolute atomic E-state index is 6.07. The van der Waals surface area contributed by atoms with Gasteiger partial charge in [0.2, 0.25) is 17.5 Å². The summed E-state index contributed by atoms with van der Waals surface area (Å²) >= 11 is 0. The number of aromatic nitrogens is 3. The molecule has 0 fully saturated rings. The first-order valence-electron chi connectivity index (χ1n) is 11.3. The monoisotopic (exact) mass is 422 g/mol. The summed E-state index contributed by atoms with van der Waals surface area (Å²) in [4.78, 5) is 0. The summed E-state index contributed by atoms with van der Waals surface area (Å²) in [6, 6.07) is 21.0. The van der Waals surface area contributed by atoms with E-state index in [-0.39, 0.29) is 5.41 Å². The summed E-state index contributed by atoms with van der Waals surface area (Å²) in [5.41, 5.74) is 7.82. The Bertz CT molecular complexity index is 1300. The molecule has 5 rings (SSSR count). The minimum Gasteiger partial charge on any atom is -0.416 e. The lowest BCUT2D eigenvalue weighted by Crippen LogP contribution is -2.48. The van der Waals surface area contributed by atoms with E-state index >= 15 is 0 Å². The number of hydrogen-bond acceptors (Lipinski definition) is 3. The molecule has 1 aliphatic heterocycles. The van der Waals surface area contributed by atoms with Crippen molar-refractivity contribution in [1.82, 2.24) is 10.2 Å². The van der Waals surface area contributed by atoms with Crippen LogP contribution in [0.5, 0.6) is 0 Å². The maximum atomic E-state index is 6.07. The summed E-state index contributed by atoms with van der Waals surface area (Å²) < 4.78 is 8.32. The smallest absolute Gasteiger partial charge is 0.248 e. The standard InChI is InChI=1S/C28H28N3O/c1-5-16-28(6-2)20(4)31-17-8-7-9-25(31)23-18-22(14-15-24(23)28)27-30-29-26(32-27)21-12-10-19(3)11-13-21/h7-15,17-18H,4-6,16H2,1-3H3/q+1. The quantitative estimate of drug-likeness (QED) is 0.340. The molecule has 0 amide bonds. The second kappa shape index (κ2) is 7.86. The lowest BCUT2D eigenvalue weighted by atomic mass is 9.68. The van der Waals surface area contributed by atoms with E-state index in [2.05, 4.69) is 96.8 Å². The fourth-order valence-corrected chi connectivity index (χ4v) is 5.02. The Morgan fingerprint density at radius 3 is 2.38 bits per heavy atom. The number of pyridine rings is 1. The van der Waals surface area contributed by atoms with Crippen LogP contribution in [0.1, 0.15) is 44.2 Å². The van der Waals surface area contributed by atoms with E-state index in [1.54, 1.807) is 0 Å². The molecule has 32 heavy (non-hydrogen) atoms. The van der Waals surface area contributed by atoms with Gasteiger partial charge in [0, 0.05) is 23.3 Å². The summed E-state index contributed by atoms with van der Waals surface area (Å²) in [5, 5.41) is 8.66. The van der Waals surface area contributed by atoms with Crippen molar-refractivity contribution in [3.63, 3.8) is 0 Å². The average Bonchev–Trinajstić information content (AvgIpc) is 3.32. The largest absolute Gasteiger partial charge is 0.416 e. The van der Waals surface area contributed by atoms with Crippen molar-refractivity contribution in [2.24, 2.45) is 0 Å². The second-order valence-electron chi connectivity index (χ2n) is 8.63. The zero-order chi connectivity index (χ0) is 22.3. The second-order valence-corrected chi connectivity index (χ2v) is 8.63. The van der Waals surface area contributed by atoms with Crippen molar-refractivity contribution >= 4 is 5.70 Å². The van der Waals surface area contributed by atoms with Crippen LogP contribution < -0.4 is 4.57 Å². The van der Waals surface area contributed by atoms with Gasteiger partial charge in [-0.1, -0.05) is 44.0 Å². The van der Waals surface area contributed by atoms with E-state index < -0.39 is 0 Å². The van der Waals surface area contributed by atoms with Gasteiger partial charge in [-0.2, -0.15) is 4.57 Å². The highest BCUT2D eigenvalue weighted by molar-refractivity contribution is 5.77. The molecule has 1 atom stereocenters. The Balaban J connectivity index is 1.64. The fraction of sp³-hybridized carbons (Fsp3) is 0.250. The van der Waals surface area contributed by atoms with Gasteiger partial charge >= 0.3 is 0 Å². The predicted molar refractivity (Wildman–Crippen MR) is 128 cm³/mol. The molecule has 0 N–H and O–H groups in total. The molecule has 0 bridgehead atoms. The van der Waals surface area contributed by atoms with Gasteiger partial charge in [-0.25, -0.2) is 0 Å². The van der Waals surface area contributed by atoms with Crippen LogP contribution in [0, 0.1) is 6.92 Å². The van der Waals surface area contributed by atoms with Crippen molar-refractivity contribution in [3.05, 3.63) is 84.6 Å². The van der Waals surface area contributed by atoms with Crippen molar-refractivity contribution in [2.75, 3.05) is 0 Å². The lowest BCUT2D eigenvalue weighted by molar-refractivity contribution is -0.577. The van der Waals surface area contributed by atoms with Gasteiger partial charge in [-0.3, -0.25) is 0 Å². The molecule has 2 aromatic heterocycles. The van der Waals surface area contributed by atoms with Crippen LogP contribution in [-0.2, 0) is 5.41 Å². The average molecular weight is 423 g/mol. The summed E-state index contributed by atoms with van der Waals surface area (Å²) in [6.07, 6.45) is 5.29. The first kappa shape index (κ1) is 20.4. The van der Waals surface area contributed by atoms with Crippen molar-refractivity contribution in [1.29, 1.82) is 0 Å². The Labute approximate surface area is 189 Å². The number of rotatable bonds is 5. The molecule has 1 aliphatic rings. The molecule has 4 aromatic rings. The number of nitrogens with zero attached hydrogens (tertiary/aromatic N) is 3. The van der Waals surface area contributed by atoms with Crippen molar-refractivity contribution in [2.45, 2.75) is 45.4 Å². The van der Waals surface area contributed by atoms with Gasteiger partial charge in [-0.15, -0.1) is 10.2 Å². The van der Waals surface area contributed by atoms with Gasteiger partial charge < -0.3 is 4.42 Å². The third kappa shape index (κ3) is 3.10. The molecule has 0 radical (unpaired) electrons. The van der Waals surface area contributed by atoms with Crippen LogP contribution in [-0.4, -0.2) is 10.2 Å². The van der Waals surface area contributed by atoms with E-state index in [9.17, 15) is 0 Å². The highest BCUT2D eigenvalue weighted by atomic mass is 16.4. The number of hydrogen-bond donors (Lipinski definition) is 0. The number of aryl methyl sites for hydroxylation is 1. The molecule has 0 saturated heterocycles. The van der Waals surface area contributed by atoms with Crippen molar-refractivity contribution in [3.8, 4) is 34.2 Å². The van der Waals surface area contributed by atoms with Gasteiger partial charge in [0.1, 0.15) is 0 Å². The molecule has 4 heteroatoms. The Morgan fingerprint density at radius 2 is 1.66 bits per heavy atom. The molecule has 2 aromatic carbocycles. The number of benzene rings is 2. The Morgan fingerprint density at radius 1 is 0.938 bits per heavy atom. The topological polar surface area (TPSA) is 42.8 Å². The molecule has 0 spiro atoms. The highest BCUT2D eigenvalue weighted by Gasteiger charge is 2.46. The fourth-order valence-electron chi connectivity index (χ4n) is 5.02. The molecular formula is C28H28N3O+. The van der Waals surface area contributed by atoms with E-state index in [0.717, 1.165) is 41.8 Å². The zero-order valence-corrected chi connectivity index (χ0v) is 18.9. The molecule has 4 nitrogen and oxygen atoms in total. The summed E-state index contributed by atoms with van der Waals surface area (Å²) in [7, 11) is 0. The summed E-state index contributed by atoms with van der Waals surface area (Å²) in [6.45, 7) is 11.1. The molecule has 3 heterocycles. The number of allylic oxidation sites excluding steroid dienone is 1. The minimum atomic E-state index is -0.0798. The first-order chi connectivity index (χ1) is 15.6. The third-order valence-electron chi connectivity index (χ3n) is 6.76. The molecule has 160 valence electrons. The molecule has 0 aliphatic carbocycles. The molecular weight excluding hydrogens is 394 g/mol. The highest BCUT2D eigenvalue weighted by Crippen LogP contribution is 2.47. The maximum Gasteiger partial charge on any atom is 0.248 e. The van der Waals surface area contributed by atoms with Crippen LogP contribution in [0.15, 0.2) is 77.9 Å². The van der Waals surface area contributed by atoms with Crippen LogP contribution in [0.3, 0.4) is 0 Å². The zero-order valence-electron chi connectivity index (χ0n) is 18.9. The van der Waals surface area contributed by atoms with E-state index in [4.69, 9.17) is 4.42 Å². The van der Waals surface area contributed by atoms with Crippen LogP contribution in [0.4, 0.5) is 0 Å². The van der Waals surface area contributed by atoms with E-state index in [1.165, 1.54) is 16.7 Å².